The normalized spacial score (nSPS) is 16.4. The summed E-state index contributed by atoms with van der Waals surface area (Å²) in [6, 6.07) is 14.9. The van der Waals surface area contributed by atoms with Crippen LogP contribution < -0.4 is 15.8 Å². The van der Waals surface area contributed by atoms with Crippen molar-refractivity contribution in [3.63, 3.8) is 0 Å². The lowest BCUT2D eigenvalue weighted by atomic mass is 10.0. The zero-order valence-corrected chi connectivity index (χ0v) is 21.3. The Bertz CT molecular complexity index is 1130. The fraction of sp³-hybridized carbons (Fsp3) is 0.429. The molecule has 9 heteroatoms. The molecule has 9 nitrogen and oxygen atoms in total. The van der Waals surface area contributed by atoms with Crippen molar-refractivity contribution in [3.05, 3.63) is 65.2 Å². The van der Waals surface area contributed by atoms with Crippen LogP contribution in [0.25, 0.3) is 0 Å². The molecule has 2 aromatic rings. The molecule has 0 aromatic heterocycles. The lowest BCUT2D eigenvalue weighted by Gasteiger charge is -2.27. The van der Waals surface area contributed by atoms with E-state index in [1.54, 1.807) is 42.2 Å². The predicted molar refractivity (Wildman–Crippen MR) is 137 cm³/mol. The Hall–Kier alpha value is -3.90. The number of nitrogens with two attached hydrogens (primary N) is 1. The largest absolute Gasteiger partial charge is 0.479 e. The number of hydrogen-bond donors (Lipinski definition) is 2. The van der Waals surface area contributed by atoms with Gasteiger partial charge in [0.1, 0.15) is 11.8 Å². The van der Waals surface area contributed by atoms with Crippen molar-refractivity contribution in [3.8, 4) is 11.8 Å². The van der Waals surface area contributed by atoms with Gasteiger partial charge in [0.2, 0.25) is 11.8 Å². The van der Waals surface area contributed by atoms with Gasteiger partial charge in [-0.3, -0.25) is 9.59 Å². The highest BCUT2D eigenvalue weighted by Crippen LogP contribution is 2.20. The molecule has 1 unspecified atom stereocenters. The van der Waals surface area contributed by atoms with E-state index in [1.807, 2.05) is 25.1 Å². The first-order valence-corrected chi connectivity index (χ1v) is 12.6. The summed E-state index contributed by atoms with van der Waals surface area (Å²) < 4.78 is 10.7. The molecule has 1 saturated heterocycles. The molecule has 0 radical (unpaired) electrons. The van der Waals surface area contributed by atoms with Gasteiger partial charge in [-0.2, -0.15) is 5.26 Å². The van der Waals surface area contributed by atoms with Crippen LogP contribution in [-0.4, -0.2) is 54.0 Å². The molecule has 2 amide bonds. The molecule has 0 spiro atoms. The Morgan fingerprint density at radius 3 is 2.59 bits per heavy atom. The average molecular weight is 507 g/mol. The number of nitrogens with one attached hydrogen (secondary N) is 1. The fourth-order valence-electron chi connectivity index (χ4n) is 4.32. The molecule has 3 rings (SSSR count). The summed E-state index contributed by atoms with van der Waals surface area (Å²) in [5, 5.41) is 12.0. The molecule has 0 saturated carbocycles. The monoisotopic (exact) mass is 506 g/mol. The van der Waals surface area contributed by atoms with Gasteiger partial charge < -0.3 is 25.4 Å². The maximum absolute atomic E-state index is 13.0. The molecule has 3 atom stereocenters. The molecule has 1 heterocycles. The van der Waals surface area contributed by atoms with Crippen LogP contribution in [0.2, 0.25) is 0 Å². The molecule has 1 fully saturated rings. The van der Waals surface area contributed by atoms with Gasteiger partial charge in [0, 0.05) is 13.1 Å². The number of amides is 2. The highest BCUT2D eigenvalue weighted by Gasteiger charge is 2.36. The van der Waals surface area contributed by atoms with Crippen molar-refractivity contribution >= 4 is 17.8 Å². The van der Waals surface area contributed by atoms with Crippen LogP contribution in [0.5, 0.6) is 5.75 Å². The summed E-state index contributed by atoms with van der Waals surface area (Å²) in [5.74, 6) is -0.351. The van der Waals surface area contributed by atoms with E-state index < -0.39 is 24.2 Å². The maximum atomic E-state index is 13.0. The Labute approximate surface area is 217 Å². The number of carbonyl (C=O) groups excluding carboxylic acids is 3. The van der Waals surface area contributed by atoms with Crippen molar-refractivity contribution in [1.82, 2.24) is 10.2 Å². The minimum Gasteiger partial charge on any atom is -0.479 e. The Morgan fingerprint density at radius 1 is 1.16 bits per heavy atom. The second kappa shape index (κ2) is 13.4. The molecule has 196 valence electrons. The molecule has 1 aliphatic heterocycles. The van der Waals surface area contributed by atoms with E-state index in [1.165, 1.54) is 0 Å². The van der Waals surface area contributed by atoms with Crippen LogP contribution >= 0.6 is 0 Å². The topological polar surface area (TPSA) is 135 Å². The van der Waals surface area contributed by atoms with Crippen LogP contribution in [0.15, 0.2) is 48.5 Å². The highest BCUT2D eigenvalue weighted by atomic mass is 16.6. The highest BCUT2D eigenvalue weighted by molar-refractivity contribution is 5.90. The number of hydrogen-bond acceptors (Lipinski definition) is 7. The third kappa shape index (κ3) is 7.54. The number of ether oxygens (including phenoxy) is 2. The minimum absolute atomic E-state index is 0.224. The van der Waals surface area contributed by atoms with Crippen LogP contribution in [0.1, 0.15) is 49.8 Å². The van der Waals surface area contributed by atoms with Crippen LogP contribution in [-0.2, 0) is 32.1 Å². The fourth-order valence-corrected chi connectivity index (χ4v) is 4.32. The second-order valence-corrected chi connectivity index (χ2v) is 8.94. The van der Waals surface area contributed by atoms with Gasteiger partial charge in [-0.25, -0.2) is 4.79 Å². The van der Waals surface area contributed by atoms with E-state index in [0.29, 0.717) is 50.3 Å². The number of likely N-dealkylation sites (tertiary alicyclic amines) is 1. The summed E-state index contributed by atoms with van der Waals surface area (Å²) in [5.41, 5.74) is 8.37. The van der Waals surface area contributed by atoms with Crippen LogP contribution in [0.3, 0.4) is 0 Å². The molecule has 1 aliphatic rings. The first-order valence-electron chi connectivity index (χ1n) is 12.6. The van der Waals surface area contributed by atoms with Crippen molar-refractivity contribution in [2.45, 2.75) is 64.3 Å². The Morgan fingerprint density at radius 2 is 1.92 bits per heavy atom. The van der Waals surface area contributed by atoms with E-state index in [2.05, 4.69) is 11.4 Å². The third-order valence-corrected chi connectivity index (χ3v) is 6.26. The van der Waals surface area contributed by atoms with Gasteiger partial charge in [-0.15, -0.1) is 0 Å². The quantitative estimate of drug-likeness (QED) is 0.447. The van der Waals surface area contributed by atoms with Gasteiger partial charge in [0.05, 0.1) is 24.3 Å². The summed E-state index contributed by atoms with van der Waals surface area (Å²) in [7, 11) is 0. The summed E-state index contributed by atoms with van der Waals surface area (Å²) >= 11 is 0. The van der Waals surface area contributed by atoms with E-state index in [0.717, 1.165) is 17.5 Å². The molecule has 0 aliphatic carbocycles. The van der Waals surface area contributed by atoms with E-state index in [9.17, 15) is 14.4 Å². The zero-order valence-electron chi connectivity index (χ0n) is 21.3. The predicted octanol–water partition coefficient (Wildman–Crippen LogP) is 2.46. The van der Waals surface area contributed by atoms with E-state index in [-0.39, 0.29) is 11.8 Å². The van der Waals surface area contributed by atoms with Gasteiger partial charge >= 0.3 is 5.97 Å². The van der Waals surface area contributed by atoms with Crippen LogP contribution in [0, 0.1) is 11.3 Å². The number of benzene rings is 2. The van der Waals surface area contributed by atoms with Gasteiger partial charge in [0.25, 0.3) is 0 Å². The van der Waals surface area contributed by atoms with Gasteiger partial charge in [-0.1, -0.05) is 31.2 Å². The first kappa shape index (κ1) is 27.7. The van der Waals surface area contributed by atoms with Crippen molar-refractivity contribution in [1.29, 1.82) is 5.26 Å². The number of nitriles is 1. The lowest BCUT2D eigenvalue weighted by molar-refractivity contribution is -0.151. The third-order valence-electron chi connectivity index (χ3n) is 6.26. The van der Waals surface area contributed by atoms with Gasteiger partial charge in [0.15, 0.2) is 6.10 Å². The summed E-state index contributed by atoms with van der Waals surface area (Å²) in [6.45, 7) is 4.67. The number of rotatable bonds is 11. The summed E-state index contributed by atoms with van der Waals surface area (Å²) in [6.07, 6.45) is 1.42. The molecular formula is C28H34N4O5. The zero-order chi connectivity index (χ0) is 26.8. The van der Waals surface area contributed by atoms with Crippen molar-refractivity contribution in [2.75, 3.05) is 13.2 Å². The van der Waals surface area contributed by atoms with Gasteiger partial charge in [-0.05, 0) is 68.0 Å². The second-order valence-electron chi connectivity index (χ2n) is 8.94. The van der Waals surface area contributed by atoms with Crippen LogP contribution in [0.4, 0.5) is 0 Å². The molecule has 0 bridgehead atoms. The number of nitrogens with zero attached hydrogens (tertiary/aromatic N) is 2. The Kier molecular flexibility index (Phi) is 10.0. The van der Waals surface area contributed by atoms with Crippen molar-refractivity contribution in [2.24, 2.45) is 5.73 Å². The van der Waals surface area contributed by atoms with E-state index in [4.69, 9.17) is 20.5 Å². The first-order chi connectivity index (χ1) is 17.9. The lowest BCUT2D eigenvalue weighted by Crippen LogP contribution is -2.51. The summed E-state index contributed by atoms with van der Waals surface area (Å²) in [4.78, 5) is 39.5. The molecule has 2 aromatic carbocycles. The maximum Gasteiger partial charge on any atom is 0.347 e. The standard InChI is InChI=1S/C28H34N4O5/c1-3-25(28(35)36-4-2)37-22-12-10-19(11-13-22)18-31-26(33)24-9-6-14-32(24)27(34)23(30)16-20-7-5-8-21(15-20)17-29/h5,7-8,10-13,15,23-25H,3-4,6,9,14,16,18,30H2,1-2H3,(H,31,33)/t23-,24-,25?/m0/s1. The molecule has 37 heavy (non-hydrogen) atoms. The number of esters is 1. The van der Waals surface area contributed by atoms with E-state index >= 15 is 0 Å². The Balaban J connectivity index is 1.53. The number of carbonyl (C=O) groups is 3. The van der Waals surface area contributed by atoms with Crippen molar-refractivity contribution < 1.29 is 23.9 Å². The molecule has 3 N–H and O–H groups in total. The smallest absolute Gasteiger partial charge is 0.347 e. The SMILES string of the molecule is CCOC(=O)C(CC)Oc1ccc(CNC(=O)[C@@H]2CCCN2C(=O)[C@@H](N)Cc2cccc(C#N)c2)cc1. The minimum atomic E-state index is -0.795. The average Bonchev–Trinajstić information content (AvgIpc) is 3.41. The molecular weight excluding hydrogens is 472 g/mol.